The van der Waals surface area contributed by atoms with Gasteiger partial charge in [0.15, 0.2) is 5.84 Å². The molecule has 0 fully saturated rings. The largest absolute Gasteiger partial charge is 0.445 e. The highest BCUT2D eigenvalue weighted by Gasteiger charge is 2.26. The van der Waals surface area contributed by atoms with Crippen LogP contribution >= 0.6 is 11.6 Å². The van der Waals surface area contributed by atoms with Gasteiger partial charge in [-0.3, -0.25) is 5.41 Å². The number of hydrogen-bond donors (Lipinski definition) is 5. The summed E-state index contributed by atoms with van der Waals surface area (Å²) in [5.41, 5.74) is 2.19. The van der Waals surface area contributed by atoms with E-state index in [0.29, 0.717) is 19.4 Å². The molecule has 2 atom stereocenters. The minimum Gasteiger partial charge on any atom is -0.445 e. The number of nitrogens with one attached hydrogen (secondary N) is 4. The summed E-state index contributed by atoms with van der Waals surface area (Å²) < 4.78 is 10.3. The number of unbranched alkanes of at least 4 members (excludes halogenated alkanes) is 1. The van der Waals surface area contributed by atoms with Gasteiger partial charge in [-0.05, 0) is 45.6 Å². The minimum absolute atomic E-state index is 0.0261. The highest BCUT2D eigenvalue weighted by molar-refractivity contribution is 6.26. The molecule has 0 radical (unpaired) electrons. The van der Waals surface area contributed by atoms with Crippen molar-refractivity contribution in [1.29, 1.82) is 5.41 Å². The first-order valence-electron chi connectivity index (χ1n) is 10.7. The number of benzene rings is 1. The summed E-state index contributed by atoms with van der Waals surface area (Å²) in [4.78, 5) is 39.7. The van der Waals surface area contributed by atoms with E-state index in [4.69, 9.17) is 26.5 Å². The first kappa shape index (κ1) is 29.0. The Labute approximate surface area is 203 Å². The van der Waals surface area contributed by atoms with Crippen LogP contribution in [-0.2, 0) is 25.7 Å². The summed E-state index contributed by atoms with van der Waals surface area (Å²) >= 11 is 5.33. The number of alkyl carbamates (subject to hydrolysis) is 2. The average molecular weight is 501 g/mol. The zero-order valence-corrected chi connectivity index (χ0v) is 20.3. The van der Waals surface area contributed by atoms with Crippen LogP contribution in [0.1, 0.15) is 45.6 Å². The van der Waals surface area contributed by atoms with Crippen molar-refractivity contribution in [3.05, 3.63) is 35.9 Å². The smallest absolute Gasteiger partial charge is 0.407 e. The van der Waals surface area contributed by atoms with E-state index in [9.17, 15) is 19.5 Å². The Morgan fingerprint density at radius 1 is 1.12 bits per heavy atom. The quantitative estimate of drug-likeness (QED) is 0.0774. The van der Waals surface area contributed by atoms with E-state index >= 15 is 0 Å². The zero-order chi connectivity index (χ0) is 25.6. The molecule has 0 heterocycles. The molecule has 0 aliphatic carbocycles. The van der Waals surface area contributed by atoms with E-state index in [-0.39, 0.29) is 13.0 Å². The van der Waals surface area contributed by atoms with Crippen molar-refractivity contribution in [3.8, 4) is 0 Å². The number of aliphatic hydroxyl groups excluding tert-OH is 1. The number of alkyl halides is 1. The molecule has 0 bridgehead atoms. The van der Waals surface area contributed by atoms with E-state index < -0.39 is 47.6 Å². The maximum absolute atomic E-state index is 12.3. The fourth-order valence-electron chi connectivity index (χ4n) is 2.62. The van der Waals surface area contributed by atoms with Crippen molar-refractivity contribution in [1.82, 2.24) is 16.1 Å². The van der Waals surface area contributed by atoms with Crippen LogP contribution in [0, 0.1) is 5.41 Å². The van der Waals surface area contributed by atoms with E-state index in [1.807, 2.05) is 23.7 Å². The molecule has 190 valence electrons. The number of halogens is 1. The molecule has 0 aliphatic heterocycles. The van der Waals surface area contributed by atoms with Gasteiger partial charge < -0.3 is 30.1 Å². The van der Waals surface area contributed by atoms with Gasteiger partial charge in [-0.2, -0.15) is 0 Å². The van der Waals surface area contributed by atoms with Crippen LogP contribution in [0.4, 0.5) is 9.59 Å². The van der Waals surface area contributed by atoms with Gasteiger partial charge in [-0.1, -0.05) is 30.3 Å². The number of carbonyl (C=O) groups is 3. The van der Waals surface area contributed by atoms with Crippen molar-refractivity contribution < 1.29 is 33.8 Å². The SMILES string of the molecule is CC(C)(C)OC(=O)NCCCCC(NC(=O)OCc1ccccc1)C(O)C(=N)NOC(=O)CCl. The molecular formula is C22H33ClN4O7. The fourth-order valence-corrected chi connectivity index (χ4v) is 2.67. The van der Waals surface area contributed by atoms with Gasteiger partial charge in [-0.25, -0.2) is 19.9 Å². The summed E-state index contributed by atoms with van der Waals surface area (Å²) in [6, 6.07) is 8.11. The number of aliphatic hydroxyl groups is 1. The molecule has 0 aromatic heterocycles. The maximum Gasteiger partial charge on any atom is 0.407 e. The summed E-state index contributed by atoms with van der Waals surface area (Å²) in [7, 11) is 0. The van der Waals surface area contributed by atoms with Crippen LogP contribution in [0.5, 0.6) is 0 Å². The molecule has 0 saturated carbocycles. The van der Waals surface area contributed by atoms with E-state index in [0.717, 1.165) is 5.56 Å². The minimum atomic E-state index is -1.52. The summed E-state index contributed by atoms with van der Waals surface area (Å²) in [6.45, 7) is 5.62. The Hall–Kier alpha value is -3.05. The molecule has 2 unspecified atom stereocenters. The Morgan fingerprint density at radius 3 is 2.41 bits per heavy atom. The van der Waals surface area contributed by atoms with Gasteiger partial charge >= 0.3 is 18.2 Å². The Bertz CT molecular complexity index is 802. The average Bonchev–Trinajstić information content (AvgIpc) is 2.78. The van der Waals surface area contributed by atoms with Crippen LogP contribution < -0.4 is 16.1 Å². The molecule has 0 spiro atoms. The topological polar surface area (TPSA) is 159 Å². The lowest BCUT2D eigenvalue weighted by Gasteiger charge is -2.24. The van der Waals surface area contributed by atoms with E-state index in [1.165, 1.54) is 0 Å². The van der Waals surface area contributed by atoms with Crippen LogP contribution in [-0.4, -0.2) is 59.3 Å². The molecule has 0 saturated heterocycles. The fraction of sp³-hybridized carbons (Fsp3) is 0.545. The molecule has 5 N–H and O–H groups in total. The molecule has 1 aromatic carbocycles. The first-order chi connectivity index (χ1) is 16.0. The molecule has 1 aromatic rings. The maximum atomic E-state index is 12.3. The Balaban J connectivity index is 2.59. The third-order valence-electron chi connectivity index (χ3n) is 4.19. The number of amides is 2. The van der Waals surface area contributed by atoms with Crippen molar-refractivity contribution in [2.24, 2.45) is 0 Å². The standard InChI is InChI=1S/C22H33ClN4O7/c1-22(2,3)33-20(30)25-12-8-7-11-16(18(29)19(24)27-34-17(28)13-23)26-21(31)32-14-15-9-5-4-6-10-15/h4-6,9-10,16,18,29H,7-8,11-14H2,1-3H3,(H2,24,27)(H,25,30)(H,26,31). The number of hydrogen-bond acceptors (Lipinski definition) is 8. The first-order valence-corrected chi connectivity index (χ1v) is 11.3. The lowest BCUT2D eigenvalue weighted by molar-refractivity contribution is -0.144. The van der Waals surface area contributed by atoms with Crippen LogP contribution in [0.15, 0.2) is 30.3 Å². The van der Waals surface area contributed by atoms with Crippen molar-refractivity contribution in [3.63, 3.8) is 0 Å². The summed E-state index contributed by atoms with van der Waals surface area (Å²) in [5, 5.41) is 23.5. The number of carbonyl (C=O) groups excluding carboxylic acids is 3. The van der Waals surface area contributed by atoms with Gasteiger partial charge in [0.25, 0.3) is 0 Å². The number of ether oxygens (including phenoxy) is 2. The molecule has 1 rings (SSSR count). The zero-order valence-electron chi connectivity index (χ0n) is 19.6. The van der Waals surface area contributed by atoms with Gasteiger partial charge in [-0.15, -0.1) is 11.6 Å². The number of hydroxylamine groups is 1. The summed E-state index contributed by atoms with van der Waals surface area (Å²) in [5.74, 6) is -1.81. The van der Waals surface area contributed by atoms with E-state index in [1.54, 1.807) is 32.9 Å². The molecule has 2 amide bonds. The van der Waals surface area contributed by atoms with E-state index in [2.05, 4.69) is 15.5 Å². The van der Waals surface area contributed by atoms with Crippen LogP contribution in [0.3, 0.4) is 0 Å². The van der Waals surface area contributed by atoms with Crippen LogP contribution in [0.25, 0.3) is 0 Å². The van der Waals surface area contributed by atoms with Gasteiger partial charge in [0.2, 0.25) is 0 Å². The third-order valence-corrected chi connectivity index (χ3v) is 4.41. The molecule has 12 heteroatoms. The Kier molecular flexibility index (Phi) is 12.8. The van der Waals surface area contributed by atoms with Crippen LogP contribution in [0.2, 0.25) is 0 Å². The van der Waals surface area contributed by atoms with Crippen molar-refractivity contribution >= 4 is 35.6 Å². The molecule has 11 nitrogen and oxygen atoms in total. The molecule has 0 aliphatic rings. The predicted octanol–water partition coefficient (Wildman–Crippen LogP) is 2.60. The van der Waals surface area contributed by atoms with Crippen molar-refractivity contribution in [2.75, 3.05) is 12.4 Å². The highest BCUT2D eigenvalue weighted by Crippen LogP contribution is 2.09. The predicted molar refractivity (Wildman–Crippen MR) is 125 cm³/mol. The second-order valence-electron chi connectivity index (χ2n) is 8.31. The monoisotopic (exact) mass is 500 g/mol. The highest BCUT2D eigenvalue weighted by atomic mass is 35.5. The lowest BCUT2D eigenvalue weighted by Crippen LogP contribution is -2.50. The molecular weight excluding hydrogens is 468 g/mol. The second kappa shape index (κ2) is 15.0. The molecule has 34 heavy (non-hydrogen) atoms. The Morgan fingerprint density at radius 2 is 1.79 bits per heavy atom. The normalized spacial score (nSPS) is 12.6. The number of amidine groups is 1. The second-order valence-corrected chi connectivity index (χ2v) is 8.57. The van der Waals surface area contributed by atoms with Gasteiger partial charge in [0.1, 0.15) is 24.2 Å². The van der Waals surface area contributed by atoms with Gasteiger partial charge in [0.05, 0.1) is 6.04 Å². The lowest BCUT2D eigenvalue weighted by atomic mass is 10.0. The van der Waals surface area contributed by atoms with Gasteiger partial charge in [0, 0.05) is 6.54 Å². The van der Waals surface area contributed by atoms with Crippen molar-refractivity contribution in [2.45, 2.75) is 64.4 Å². The number of rotatable bonds is 11. The third kappa shape index (κ3) is 12.9. The summed E-state index contributed by atoms with van der Waals surface area (Å²) in [6.07, 6.45) is -1.61.